The van der Waals surface area contributed by atoms with Gasteiger partial charge in [0.15, 0.2) is 0 Å². The average molecular weight is 231 g/mol. The van der Waals surface area contributed by atoms with Gasteiger partial charge >= 0.3 is 0 Å². The highest BCUT2D eigenvalue weighted by Gasteiger charge is 2.24. The fourth-order valence-electron chi connectivity index (χ4n) is 2.56. The molecule has 0 spiro atoms. The van der Waals surface area contributed by atoms with Crippen LogP contribution in [0.2, 0.25) is 0 Å². The highest BCUT2D eigenvalue weighted by atomic mass is 16.3. The van der Waals surface area contributed by atoms with Crippen LogP contribution in [0.3, 0.4) is 0 Å². The van der Waals surface area contributed by atoms with Crippen LogP contribution >= 0.6 is 0 Å². The van der Waals surface area contributed by atoms with E-state index in [9.17, 15) is 5.11 Å². The Morgan fingerprint density at radius 1 is 1.41 bits per heavy atom. The Morgan fingerprint density at radius 2 is 2.29 bits per heavy atom. The molecule has 0 aliphatic carbocycles. The van der Waals surface area contributed by atoms with E-state index in [2.05, 4.69) is 16.8 Å². The number of nitrogens with zero attached hydrogens (tertiary/aromatic N) is 3. The zero-order chi connectivity index (χ0) is 11.8. The van der Waals surface area contributed by atoms with Gasteiger partial charge in [-0.15, -0.1) is 0 Å². The van der Waals surface area contributed by atoms with Crippen molar-refractivity contribution in [3.05, 3.63) is 30.2 Å². The first-order chi connectivity index (χ1) is 8.26. The Bertz CT molecular complexity index is 534. The number of aromatic hydroxyl groups is 1. The predicted molar refractivity (Wildman–Crippen MR) is 66.3 cm³/mol. The standard InChI is InChI=1S/C13H17N3O/c1-2-15-6-5-10(7-15)12-9-16-8-11(17)3-4-13(16)14-12/h3-4,8-10,17H,2,5-7H2,1H3. The SMILES string of the molecule is CCN1CCC(c2cn3cc(O)ccc3n2)C1. The molecular weight excluding hydrogens is 214 g/mol. The molecule has 3 rings (SSSR count). The number of aromatic nitrogens is 2. The molecule has 3 heterocycles. The molecule has 4 nitrogen and oxygen atoms in total. The van der Waals surface area contributed by atoms with Crippen molar-refractivity contribution in [1.82, 2.24) is 14.3 Å². The van der Waals surface area contributed by atoms with Crippen LogP contribution in [0.4, 0.5) is 0 Å². The van der Waals surface area contributed by atoms with E-state index in [1.807, 2.05) is 16.7 Å². The summed E-state index contributed by atoms with van der Waals surface area (Å²) in [6.45, 7) is 5.58. The van der Waals surface area contributed by atoms with E-state index in [1.54, 1.807) is 12.3 Å². The average Bonchev–Trinajstić information content (AvgIpc) is 2.93. The van der Waals surface area contributed by atoms with Gasteiger partial charge in [-0.05, 0) is 31.6 Å². The fourth-order valence-corrected chi connectivity index (χ4v) is 2.56. The van der Waals surface area contributed by atoms with Crippen molar-refractivity contribution in [2.75, 3.05) is 19.6 Å². The van der Waals surface area contributed by atoms with Gasteiger partial charge in [0.1, 0.15) is 11.4 Å². The molecule has 2 aromatic heterocycles. The van der Waals surface area contributed by atoms with Gasteiger partial charge in [0.25, 0.3) is 0 Å². The van der Waals surface area contributed by atoms with E-state index in [1.165, 1.54) is 13.0 Å². The smallest absolute Gasteiger partial charge is 0.137 e. The summed E-state index contributed by atoms with van der Waals surface area (Å²) in [5.74, 6) is 0.819. The van der Waals surface area contributed by atoms with Crippen LogP contribution < -0.4 is 0 Å². The van der Waals surface area contributed by atoms with E-state index < -0.39 is 0 Å². The van der Waals surface area contributed by atoms with Gasteiger partial charge in [-0.2, -0.15) is 0 Å². The third-order valence-corrected chi connectivity index (χ3v) is 3.59. The second-order valence-electron chi connectivity index (χ2n) is 4.70. The Hall–Kier alpha value is -1.55. The molecule has 0 radical (unpaired) electrons. The van der Waals surface area contributed by atoms with E-state index in [4.69, 9.17) is 0 Å². The third-order valence-electron chi connectivity index (χ3n) is 3.59. The highest BCUT2D eigenvalue weighted by molar-refractivity contribution is 5.43. The quantitative estimate of drug-likeness (QED) is 0.857. The number of likely N-dealkylation sites (N-methyl/N-ethyl adjacent to an activating group) is 1. The van der Waals surface area contributed by atoms with Gasteiger partial charge in [0.2, 0.25) is 0 Å². The van der Waals surface area contributed by atoms with Crippen molar-refractivity contribution in [3.63, 3.8) is 0 Å². The molecular formula is C13H17N3O. The molecule has 0 aromatic carbocycles. The van der Waals surface area contributed by atoms with Crippen molar-refractivity contribution < 1.29 is 5.11 Å². The third kappa shape index (κ3) is 1.89. The number of rotatable bonds is 2. The summed E-state index contributed by atoms with van der Waals surface area (Å²) in [7, 11) is 0. The number of likely N-dealkylation sites (tertiary alicyclic amines) is 1. The van der Waals surface area contributed by atoms with Crippen LogP contribution in [0.1, 0.15) is 25.0 Å². The monoisotopic (exact) mass is 231 g/mol. The molecule has 1 fully saturated rings. The predicted octanol–water partition coefficient (Wildman–Crippen LogP) is 1.85. The van der Waals surface area contributed by atoms with Crippen LogP contribution in [0.25, 0.3) is 5.65 Å². The molecule has 1 atom stereocenters. The topological polar surface area (TPSA) is 40.8 Å². The summed E-state index contributed by atoms with van der Waals surface area (Å²) in [4.78, 5) is 7.08. The number of fused-ring (bicyclic) bond motifs is 1. The van der Waals surface area contributed by atoms with Gasteiger partial charge in [-0.25, -0.2) is 4.98 Å². The summed E-state index contributed by atoms with van der Waals surface area (Å²) in [5.41, 5.74) is 2.05. The van der Waals surface area contributed by atoms with Crippen molar-refractivity contribution >= 4 is 5.65 Å². The zero-order valence-electron chi connectivity index (χ0n) is 10.0. The number of imidazole rings is 1. The van der Waals surface area contributed by atoms with Crippen LogP contribution in [-0.2, 0) is 0 Å². The van der Waals surface area contributed by atoms with Gasteiger partial charge in [-0.1, -0.05) is 6.92 Å². The maximum atomic E-state index is 9.43. The molecule has 1 unspecified atom stereocenters. The summed E-state index contributed by atoms with van der Waals surface area (Å²) in [5, 5.41) is 9.43. The minimum Gasteiger partial charge on any atom is -0.506 e. The van der Waals surface area contributed by atoms with Crippen LogP contribution in [0.15, 0.2) is 24.5 Å². The van der Waals surface area contributed by atoms with Crippen LogP contribution in [-0.4, -0.2) is 39.0 Å². The number of pyridine rings is 1. The molecule has 17 heavy (non-hydrogen) atoms. The van der Waals surface area contributed by atoms with Crippen molar-refractivity contribution in [2.45, 2.75) is 19.3 Å². The summed E-state index contributed by atoms with van der Waals surface area (Å²) in [6.07, 6.45) is 4.93. The Morgan fingerprint density at radius 3 is 3.06 bits per heavy atom. The molecule has 1 saturated heterocycles. The molecule has 0 amide bonds. The van der Waals surface area contributed by atoms with Gasteiger partial charge in [0.05, 0.1) is 11.9 Å². The summed E-state index contributed by atoms with van der Waals surface area (Å²) < 4.78 is 1.90. The van der Waals surface area contributed by atoms with Gasteiger partial charge < -0.3 is 14.4 Å². The van der Waals surface area contributed by atoms with Crippen LogP contribution in [0.5, 0.6) is 5.75 Å². The minimum atomic E-state index is 0.281. The molecule has 2 aromatic rings. The van der Waals surface area contributed by atoms with E-state index in [0.717, 1.165) is 24.4 Å². The Kier molecular flexibility index (Phi) is 2.52. The lowest BCUT2D eigenvalue weighted by molar-refractivity contribution is 0.353. The molecule has 1 aliphatic rings. The minimum absolute atomic E-state index is 0.281. The molecule has 1 aliphatic heterocycles. The first kappa shape index (κ1) is 10.6. The highest BCUT2D eigenvalue weighted by Crippen LogP contribution is 2.26. The molecule has 1 N–H and O–H groups in total. The van der Waals surface area contributed by atoms with Gasteiger partial charge in [0, 0.05) is 18.7 Å². The van der Waals surface area contributed by atoms with Crippen molar-refractivity contribution in [2.24, 2.45) is 0 Å². The Labute approximate surface area is 101 Å². The molecule has 90 valence electrons. The molecule has 4 heteroatoms. The summed E-state index contributed by atoms with van der Waals surface area (Å²) >= 11 is 0. The largest absolute Gasteiger partial charge is 0.506 e. The lowest BCUT2D eigenvalue weighted by atomic mass is 10.1. The second-order valence-corrected chi connectivity index (χ2v) is 4.70. The maximum absolute atomic E-state index is 9.43. The normalized spacial score (nSPS) is 21.4. The molecule has 0 saturated carbocycles. The maximum Gasteiger partial charge on any atom is 0.137 e. The zero-order valence-corrected chi connectivity index (χ0v) is 10.0. The van der Waals surface area contributed by atoms with E-state index >= 15 is 0 Å². The van der Waals surface area contributed by atoms with Crippen molar-refractivity contribution in [1.29, 1.82) is 0 Å². The van der Waals surface area contributed by atoms with Crippen LogP contribution in [0, 0.1) is 0 Å². The first-order valence-electron chi connectivity index (χ1n) is 6.16. The first-order valence-corrected chi connectivity index (χ1v) is 6.16. The Balaban J connectivity index is 1.91. The number of hydrogen-bond acceptors (Lipinski definition) is 3. The van der Waals surface area contributed by atoms with Crippen molar-refractivity contribution in [3.8, 4) is 5.75 Å². The van der Waals surface area contributed by atoms with E-state index in [0.29, 0.717) is 5.92 Å². The lowest BCUT2D eigenvalue weighted by Crippen LogP contribution is -2.19. The van der Waals surface area contributed by atoms with E-state index in [-0.39, 0.29) is 5.75 Å². The fraction of sp³-hybridized carbons (Fsp3) is 0.462. The lowest BCUT2D eigenvalue weighted by Gasteiger charge is -2.11. The molecule has 0 bridgehead atoms. The second kappa shape index (κ2) is 4.04. The summed E-state index contributed by atoms with van der Waals surface area (Å²) in [6, 6.07) is 3.53. The number of hydrogen-bond donors (Lipinski definition) is 1. The van der Waals surface area contributed by atoms with Gasteiger partial charge in [-0.3, -0.25) is 0 Å².